The number of aryl methyl sites for hydroxylation is 3. The molecule has 1 aromatic carbocycles. The predicted molar refractivity (Wildman–Crippen MR) is 89.0 cm³/mol. The number of hydrogen-bond acceptors (Lipinski definition) is 4. The number of nitrogens with one attached hydrogen (secondary N) is 1. The van der Waals surface area contributed by atoms with E-state index in [2.05, 4.69) is 38.0 Å². The van der Waals surface area contributed by atoms with Gasteiger partial charge in [-0.05, 0) is 58.2 Å². The van der Waals surface area contributed by atoms with Gasteiger partial charge in [0.1, 0.15) is 5.75 Å². The second kappa shape index (κ2) is 7.05. The molecule has 2 aromatic rings. The van der Waals surface area contributed by atoms with Crippen LogP contribution in [0.1, 0.15) is 47.5 Å². The highest BCUT2D eigenvalue weighted by molar-refractivity contribution is 7.11. The maximum atomic E-state index is 9.29. The molecule has 0 aliphatic carbocycles. The Hall–Kier alpha value is -1.39. The molecule has 0 amide bonds. The van der Waals surface area contributed by atoms with Gasteiger partial charge in [0, 0.05) is 17.0 Å². The highest BCUT2D eigenvalue weighted by atomic mass is 32.1. The number of hydrogen-bond donors (Lipinski definition) is 2. The molecule has 0 aliphatic heterocycles. The van der Waals surface area contributed by atoms with Crippen molar-refractivity contribution in [2.45, 2.75) is 52.6 Å². The summed E-state index contributed by atoms with van der Waals surface area (Å²) in [5.41, 5.74) is 2.43. The average molecular weight is 304 g/mol. The van der Waals surface area contributed by atoms with E-state index in [1.54, 1.807) is 23.5 Å². The first-order valence-electron chi connectivity index (χ1n) is 7.43. The number of phenols is 1. The Balaban J connectivity index is 1.85. The smallest absolute Gasteiger partial charge is 0.115 e. The lowest BCUT2D eigenvalue weighted by atomic mass is 10.0. The Labute approximate surface area is 131 Å². The molecule has 2 N–H and O–H groups in total. The van der Waals surface area contributed by atoms with Crippen molar-refractivity contribution in [3.8, 4) is 5.75 Å². The van der Waals surface area contributed by atoms with Crippen molar-refractivity contribution in [1.82, 2.24) is 10.3 Å². The standard InChI is InChI=1S/C17H24N2OS/c1-11(5-6-15-7-9-16(20)10-8-15)18-12(2)17-13(3)21-14(4)19-17/h7-12,18,20H,5-6H2,1-4H3. The first-order valence-corrected chi connectivity index (χ1v) is 8.25. The third-order valence-electron chi connectivity index (χ3n) is 3.69. The van der Waals surface area contributed by atoms with Crippen LogP contribution in [0, 0.1) is 13.8 Å². The summed E-state index contributed by atoms with van der Waals surface area (Å²) in [4.78, 5) is 5.92. The minimum Gasteiger partial charge on any atom is -0.508 e. The maximum absolute atomic E-state index is 9.29. The maximum Gasteiger partial charge on any atom is 0.115 e. The van der Waals surface area contributed by atoms with Crippen molar-refractivity contribution in [3.63, 3.8) is 0 Å². The molecule has 0 aliphatic rings. The zero-order chi connectivity index (χ0) is 15.4. The van der Waals surface area contributed by atoms with E-state index in [0.29, 0.717) is 11.8 Å². The van der Waals surface area contributed by atoms with Crippen LogP contribution in [0.3, 0.4) is 0 Å². The van der Waals surface area contributed by atoms with E-state index in [9.17, 15) is 5.11 Å². The second-order valence-electron chi connectivity index (χ2n) is 5.67. The first-order chi connectivity index (χ1) is 9.95. The van der Waals surface area contributed by atoms with Crippen LogP contribution in [-0.2, 0) is 6.42 Å². The monoisotopic (exact) mass is 304 g/mol. The number of aromatic nitrogens is 1. The molecule has 0 fully saturated rings. The summed E-state index contributed by atoms with van der Waals surface area (Å²) in [6, 6.07) is 8.17. The van der Waals surface area contributed by atoms with Crippen LogP contribution in [0.25, 0.3) is 0 Å². The molecule has 1 aromatic heterocycles. The van der Waals surface area contributed by atoms with E-state index < -0.39 is 0 Å². The van der Waals surface area contributed by atoms with Crippen LogP contribution in [0.4, 0.5) is 0 Å². The largest absolute Gasteiger partial charge is 0.508 e. The van der Waals surface area contributed by atoms with E-state index in [1.165, 1.54) is 16.1 Å². The molecule has 2 unspecified atom stereocenters. The number of nitrogens with zero attached hydrogens (tertiary/aromatic N) is 1. The normalized spacial score (nSPS) is 14.1. The molecule has 1 heterocycles. The fourth-order valence-corrected chi connectivity index (χ4v) is 3.50. The van der Waals surface area contributed by atoms with Crippen molar-refractivity contribution >= 4 is 11.3 Å². The molecular formula is C17H24N2OS. The molecule has 0 saturated heterocycles. The summed E-state index contributed by atoms with van der Waals surface area (Å²) in [6.07, 6.45) is 2.08. The number of phenolic OH excluding ortho intramolecular Hbond substituents is 1. The molecule has 3 nitrogen and oxygen atoms in total. The van der Waals surface area contributed by atoms with E-state index in [4.69, 9.17) is 0 Å². The fraction of sp³-hybridized carbons (Fsp3) is 0.471. The summed E-state index contributed by atoms with van der Waals surface area (Å²) >= 11 is 1.76. The molecule has 114 valence electrons. The summed E-state index contributed by atoms with van der Waals surface area (Å²) in [6.45, 7) is 8.59. The Morgan fingerprint density at radius 3 is 2.43 bits per heavy atom. The summed E-state index contributed by atoms with van der Waals surface area (Å²) in [5, 5.41) is 14.0. The Bertz CT molecular complexity index is 577. The van der Waals surface area contributed by atoms with Crippen LogP contribution in [0.5, 0.6) is 5.75 Å². The Morgan fingerprint density at radius 2 is 1.86 bits per heavy atom. The van der Waals surface area contributed by atoms with Crippen LogP contribution in [-0.4, -0.2) is 16.1 Å². The number of rotatable bonds is 6. The number of benzene rings is 1. The Kier molecular flexibility index (Phi) is 5.37. The van der Waals surface area contributed by atoms with Gasteiger partial charge in [0.15, 0.2) is 0 Å². The lowest BCUT2D eigenvalue weighted by Gasteiger charge is -2.19. The zero-order valence-corrected chi connectivity index (χ0v) is 14.0. The fourth-order valence-electron chi connectivity index (χ4n) is 2.58. The van der Waals surface area contributed by atoms with Crippen molar-refractivity contribution in [1.29, 1.82) is 0 Å². The lowest BCUT2D eigenvalue weighted by Crippen LogP contribution is -2.29. The van der Waals surface area contributed by atoms with Gasteiger partial charge in [-0.1, -0.05) is 12.1 Å². The first kappa shape index (κ1) is 16.0. The number of aromatic hydroxyl groups is 1. The SMILES string of the molecule is Cc1nc(C(C)NC(C)CCc2ccc(O)cc2)c(C)s1. The van der Waals surface area contributed by atoms with Crippen LogP contribution in [0.15, 0.2) is 24.3 Å². The van der Waals surface area contributed by atoms with Crippen molar-refractivity contribution in [2.24, 2.45) is 0 Å². The topological polar surface area (TPSA) is 45.2 Å². The van der Waals surface area contributed by atoms with E-state index in [1.807, 2.05) is 12.1 Å². The number of thiazole rings is 1. The van der Waals surface area contributed by atoms with Crippen LogP contribution >= 0.6 is 11.3 Å². The van der Waals surface area contributed by atoms with Gasteiger partial charge in [0.25, 0.3) is 0 Å². The lowest BCUT2D eigenvalue weighted by molar-refractivity contribution is 0.450. The van der Waals surface area contributed by atoms with Gasteiger partial charge < -0.3 is 10.4 Å². The van der Waals surface area contributed by atoms with E-state index in [0.717, 1.165) is 17.8 Å². The summed E-state index contributed by atoms with van der Waals surface area (Å²) < 4.78 is 0. The van der Waals surface area contributed by atoms with E-state index >= 15 is 0 Å². The van der Waals surface area contributed by atoms with Crippen molar-refractivity contribution in [2.75, 3.05) is 0 Å². The highest BCUT2D eigenvalue weighted by Crippen LogP contribution is 2.23. The van der Waals surface area contributed by atoms with Crippen LogP contribution < -0.4 is 5.32 Å². The third-order valence-corrected chi connectivity index (χ3v) is 4.59. The van der Waals surface area contributed by atoms with Gasteiger partial charge in [-0.3, -0.25) is 0 Å². The second-order valence-corrected chi connectivity index (χ2v) is 7.08. The zero-order valence-electron chi connectivity index (χ0n) is 13.2. The van der Waals surface area contributed by atoms with Gasteiger partial charge >= 0.3 is 0 Å². The van der Waals surface area contributed by atoms with Gasteiger partial charge in [0.05, 0.1) is 10.7 Å². The molecule has 21 heavy (non-hydrogen) atoms. The quantitative estimate of drug-likeness (QED) is 0.843. The predicted octanol–water partition coefficient (Wildman–Crippen LogP) is 4.14. The highest BCUT2D eigenvalue weighted by Gasteiger charge is 2.15. The third kappa shape index (κ3) is 4.55. The molecule has 0 spiro atoms. The molecule has 0 bridgehead atoms. The van der Waals surface area contributed by atoms with Crippen molar-refractivity contribution in [3.05, 3.63) is 45.4 Å². The minimum atomic E-state index is 0.282. The van der Waals surface area contributed by atoms with E-state index in [-0.39, 0.29) is 6.04 Å². The Morgan fingerprint density at radius 1 is 1.19 bits per heavy atom. The molecule has 2 rings (SSSR count). The summed E-state index contributed by atoms with van der Waals surface area (Å²) in [7, 11) is 0. The minimum absolute atomic E-state index is 0.282. The van der Waals surface area contributed by atoms with Crippen molar-refractivity contribution < 1.29 is 5.11 Å². The molecule has 0 radical (unpaired) electrons. The van der Waals surface area contributed by atoms with Gasteiger partial charge in [-0.15, -0.1) is 11.3 Å². The average Bonchev–Trinajstić information content (AvgIpc) is 2.77. The molecule has 2 atom stereocenters. The molecule has 4 heteroatoms. The van der Waals surface area contributed by atoms with Gasteiger partial charge in [-0.25, -0.2) is 4.98 Å². The van der Waals surface area contributed by atoms with Gasteiger partial charge in [0.2, 0.25) is 0 Å². The molecule has 0 saturated carbocycles. The van der Waals surface area contributed by atoms with Gasteiger partial charge in [-0.2, -0.15) is 0 Å². The molecular weight excluding hydrogens is 280 g/mol. The van der Waals surface area contributed by atoms with Crippen LogP contribution in [0.2, 0.25) is 0 Å². The summed E-state index contributed by atoms with van der Waals surface area (Å²) in [5.74, 6) is 0.327.